The molecule has 3 rings (SSSR count). The van der Waals surface area contributed by atoms with Gasteiger partial charge in [0.05, 0.1) is 4.90 Å². The Hall–Kier alpha value is -1.93. The predicted octanol–water partition coefficient (Wildman–Crippen LogP) is 4.14. The third-order valence-corrected chi connectivity index (χ3v) is 8.29. The molecule has 2 aromatic carbocycles. The quantitative estimate of drug-likeness (QED) is 0.524. The van der Waals surface area contributed by atoms with Crippen LogP contribution in [0.2, 0.25) is 0 Å². The summed E-state index contributed by atoms with van der Waals surface area (Å²) in [6, 6.07) is 19.0. The summed E-state index contributed by atoms with van der Waals surface area (Å²) in [7, 11) is -1.86. The molecule has 34 heavy (non-hydrogen) atoms. The van der Waals surface area contributed by atoms with Gasteiger partial charge in [-0.2, -0.15) is 0 Å². The summed E-state index contributed by atoms with van der Waals surface area (Å²) in [5.74, 6) is 0.243. The Morgan fingerprint density at radius 1 is 1.03 bits per heavy atom. The van der Waals surface area contributed by atoms with Crippen LogP contribution in [0.15, 0.2) is 65.6 Å². The fraction of sp³-hybridized carbons (Fsp3) is 0.500. The van der Waals surface area contributed by atoms with E-state index in [2.05, 4.69) is 22.3 Å². The summed E-state index contributed by atoms with van der Waals surface area (Å²) in [5, 5.41) is 3.15. The monoisotopic (exact) mass is 507 g/mol. The van der Waals surface area contributed by atoms with Gasteiger partial charge in [-0.3, -0.25) is 4.79 Å². The first kappa shape index (κ1) is 28.3. The minimum absolute atomic E-state index is 0. The van der Waals surface area contributed by atoms with Crippen molar-refractivity contribution < 1.29 is 13.2 Å². The van der Waals surface area contributed by atoms with Gasteiger partial charge in [-0.1, -0.05) is 62.4 Å². The van der Waals surface area contributed by atoms with E-state index < -0.39 is 10.0 Å². The molecular weight excluding hydrogens is 470 g/mol. The van der Waals surface area contributed by atoms with E-state index in [1.807, 2.05) is 38.1 Å². The molecule has 1 saturated heterocycles. The van der Waals surface area contributed by atoms with Crippen molar-refractivity contribution in [3.8, 4) is 0 Å². The molecule has 2 aromatic rings. The zero-order chi connectivity index (χ0) is 23.8. The number of hydrogen-bond acceptors (Lipinski definition) is 4. The van der Waals surface area contributed by atoms with Crippen LogP contribution in [0.5, 0.6) is 0 Å². The number of benzene rings is 2. The summed E-state index contributed by atoms with van der Waals surface area (Å²) in [5.41, 5.74) is 1.16. The maximum Gasteiger partial charge on any atom is 0.242 e. The van der Waals surface area contributed by atoms with Gasteiger partial charge in [-0.15, -0.1) is 12.4 Å². The Kier molecular flexibility index (Phi) is 11.0. The van der Waals surface area contributed by atoms with E-state index in [0.29, 0.717) is 11.4 Å². The summed E-state index contributed by atoms with van der Waals surface area (Å²) in [6.45, 7) is 7.07. The topological polar surface area (TPSA) is 69.7 Å². The van der Waals surface area contributed by atoms with Gasteiger partial charge in [0.1, 0.15) is 0 Å². The number of nitrogens with zero attached hydrogens (tertiary/aromatic N) is 2. The second kappa shape index (κ2) is 13.2. The molecule has 8 heteroatoms. The molecule has 0 unspecified atom stereocenters. The summed E-state index contributed by atoms with van der Waals surface area (Å²) in [4.78, 5) is 14.7. The zero-order valence-electron chi connectivity index (χ0n) is 20.4. The van der Waals surface area contributed by atoms with Crippen LogP contribution in [0.25, 0.3) is 0 Å². The van der Waals surface area contributed by atoms with Crippen molar-refractivity contribution in [2.24, 2.45) is 5.92 Å². The highest BCUT2D eigenvalue weighted by molar-refractivity contribution is 7.89. The third-order valence-electron chi connectivity index (χ3n) is 6.45. The molecule has 1 heterocycles. The van der Waals surface area contributed by atoms with Crippen LogP contribution in [0.3, 0.4) is 0 Å². The summed E-state index contributed by atoms with van der Waals surface area (Å²) < 4.78 is 27.6. The largest absolute Gasteiger partial charge is 0.353 e. The lowest BCUT2D eigenvalue weighted by Crippen LogP contribution is -2.46. The van der Waals surface area contributed by atoms with Crippen molar-refractivity contribution in [1.82, 2.24) is 14.5 Å². The fourth-order valence-electron chi connectivity index (χ4n) is 4.28. The van der Waals surface area contributed by atoms with Gasteiger partial charge in [-0.05, 0) is 49.4 Å². The van der Waals surface area contributed by atoms with E-state index in [-0.39, 0.29) is 36.2 Å². The van der Waals surface area contributed by atoms with Crippen LogP contribution >= 0.6 is 12.4 Å². The van der Waals surface area contributed by atoms with Gasteiger partial charge in [0.2, 0.25) is 15.9 Å². The molecule has 0 aromatic heterocycles. The van der Waals surface area contributed by atoms with E-state index in [1.165, 1.54) is 4.31 Å². The Bertz CT molecular complexity index is 979. The van der Waals surface area contributed by atoms with Crippen molar-refractivity contribution in [3.63, 3.8) is 0 Å². The minimum atomic E-state index is -3.53. The first-order valence-electron chi connectivity index (χ1n) is 11.9. The fourth-order valence-corrected chi connectivity index (χ4v) is 5.51. The normalized spacial score (nSPS) is 16.3. The molecule has 0 aliphatic carbocycles. The number of rotatable bonds is 10. The highest BCUT2D eigenvalue weighted by atomic mass is 35.5. The predicted molar refractivity (Wildman–Crippen MR) is 140 cm³/mol. The van der Waals surface area contributed by atoms with E-state index >= 15 is 0 Å². The van der Waals surface area contributed by atoms with Crippen molar-refractivity contribution >= 4 is 28.3 Å². The Balaban J connectivity index is 0.00000408. The molecular formula is C26H38ClN3O3S. The van der Waals surface area contributed by atoms with Crippen LogP contribution in [0.1, 0.15) is 44.6 Å². The van der Waals surface area contributed by atoms with Crippen LogP contribution in [-0.4, -0.2) is 62.8 Å². The lowest BCUT2D eigenvalue weighted by atomic mass is 9.94. The number of carbonyl (C=O) groups is 1. The van der Waals surface area contributed by atoms with Crippen LogP contribution in [0, 0.1) is 5.92 Å². The average molecular weight is 508 g/mol. The zero-order valence-corrected chi connectivity index (χ0v) is 22.0. The van der Waals surface area contributed by atoms with E-state index in [0.717, 1.165) is 44.5 Å². The molecule has 0 saturated carbocycles. The van der Waals surface area contributed by atoms with Crippen molar-refractivity contribution in [2.45, 2.75) is 50.0 Å². The van der Waals surface area contributed by atoms with Crippen LogP contribution in [-0.2, 0) is 14.8 Å². The molecule has 0 spiro atoms. The molecule has 188 valence electrons. The number of nitrogens with one attached hydrogen (secondary N) is 1. The summed E-state index contributed by atoms with van der Waals surface area (Å²) in [6.07, 6.45) is 2.79. The van der Waals surface area contributed by atoms with Crippen LogP contribution < -0.4 is 5.32 Å². The number of carbonyl (C=O) groups excluding carboxylic acids is 1. The van der Waals surface area contributed by atoms with Crippen LogP contribution in [0.4, 0.5) is 0 Å². The molecule has 1 amide bonds. The molecule has 0 bridgehead atoms. The lowest BCUT2D eigenvalue weighted by Gasteiger charge is -2.34. The van der Waals surface area contributed by atoms with Gasteiger partial charge in [-0.25, -0.2) is 12.7 Å². The SMILES string of the molecule is CC(C)C(=O)NC1CCN(CC[C@@H](CN(C)S(=O)(=O)c2ccccc2)c2ccccc2)CC1.Cl. The number of piperidine rings is 1. The Morgan fingerprint density at radius 2 is 1.59 bits per heavy atom. The van der Waals surface area contributed by atoms with Crippen molar-refractivity contribution in [2.75, 3.05) is 33.2 Å². The standard InChI is InChI=1S/C26H37N3O3S.ClH/c1-21(2)26(30)27-24-15-18-29(19-16-24)17-14-23(22-10-6-4-7-11-22)20-28(3)33(31,32)25-12-8-5-9-13-25;/h4-13,21,23-24H,14-20H2,1-3H3,(H,27,30);1H/t23-;/m0./s1. The number of halogens is 1. The molecule has 1 N–H and O–H groups in total. The van der Waals surface area contributed by atoms with E-state index in [1.54, 1.807) is 31.3 Å². The van der Waals surface area contributed by atoms with Gasteiger partial charge >= 0.3 is 0 Å². The van der Waals surface area contributed by atoms with Gasteiger partial charge in [0.15, 0.2) is 0 Å². The van der Waals surface area contributed by atoms with Crippen molar-refractivity contribution in [3.05, 3.63) is 66.2 Å². The Labute approximate surface area is 211 Å². The highest BCUT2D eigenvalue weighted by Crippen LogP contribution is 2.25. The lowest BCUT2D eigenvalue weighted by molar-refractivity contribution is -0.125. The Morgan fingerprint density at radius 3 is 2.15 bits per heavy atom. The first-order chi connectivity index (χ1) is 15.8. The molecule has 1 aliphatic heterocycles. The molecule has 1 atom stereocenters. The molecule has 0 radical (unpaired) electrons. The highest BCUT2D eigenvalue weighted by Gasteiger charge is 2.26. The number of likely N-dealkylation sites (tertiary alicyclic amines) is 1. The number of sulfonamides is 1. The van der Waals surface area contributed by atoms with Gasteiger partial charge in [0, 0.05) is 38.6 Å². The van der Waals surface area contributed by atoms with Gasteiger partial charge in [0.25, 0.3) is 0 Å². The molecule has 1 aliphatic rings. The average Bonchev–Trinajstić information content (AvgIpc) is 2.83. The number of likely N-dealkylation sites (N-methyl/N-ethyl adjacent to an activating group) is 1. The maximum atomic E-state index is 13.1. The summed E-state index contributed by atoms with van der Waals surface area (Å²) >= 11 is 0. The molecule has 1 fully saturated rings. The first-order valence-corrected chi connectivity index (χ1v) is 13.3. The maximum absolute atomic E-state index is 13.1. The minimum Gasteiger partial charge on any atom is -0.353 e. The second-order valence-electron chi connectivity index (χ2n) is 9.27. The third kappa shape index (κ3) is 7.80. The smallest absolute Gasteiger partial charge is 0.242 e. The van der Waals surface area contributed by atoms with E-state index in [9.17, 15) is 13.2 Å². The number of hydrogen-bond donors (Lipinski definition) is 1. The van der Waals surface area contributed by atoms with Gasteiger partial charge < -0.3 is 10.2 Å². The number of amides is 1. The second-order valence-corrected chi connectivity index (χ2v) is 11.3. The van der Waals surface area contributed by atoms with E-state index in [4.69, 9.17) is 0 Å². The van der Waals surface area contributed by atoms with Crippen molar-refractivity contribution in [1.29, 1.82) is 0 Å². The molecule has 6 nitrogen and oxygen atoms in total.